The summed E-state index contributed by atoms with van der Waals surface area (Å²) in [5.74, 6) is -1.34. The fourth-order valence-electron chi connectivity index (χ4n) is 4.29. The van der Waals surface area contributed by atoms with Crippen LogP contribution >= 0.6 is 0 Å². The molecule has 4 aromatic rings. The van der Waals surface area contributed by atoms with E-state index in [-0.39, 0.29) is 36.9 Å². The van der Waals surface area contributed by atoms with Gasteiger partial charge in [0.15, 0.2) is 0 Å². The first-order valence-corrected chi connectivity index (χ1v) is 13.3. The summed E-state index contributed by atoms with van der Waals surface area (Å²) < 4.78 is 14.7. The molecule has 0 saturated carbocycles. The van der Waals surface area contributed by atoms with E-state index in [9.17, 15) is 9.18 Å². The zero-order chi connectivity index (χ0) is 28.9. The smallest absolute Gasteiger partial charge is 0.480 e. The fourth-order valence-corrected chi connectivity index (χ4v) is 4.29. The van der Waals surface area contributed by atoms with Crippen LogP contribution in [-0.4, -0.2) is 28.6 Å². The van der Waals surface area contributed by atoms with Gasteiger partial charge in [-0.05, 0) is 30.5 Å². The van der Waals surface area contributed by atoms with Gasteiger partial charge in [-0.1, -0.05) is 55.0 Å². The summed E-state index contributed by atoms with van der Waals surface area (Å²) >= 11 is 0. The van der Waals surface area contributed by atoms with Crippen molar-refractivity contribution >= 4 is 11.7 Å². The standard InChI is InChI=1S/C26H29FN3O2.C8H9.U/c1-19-7-5-10-21(15-19)16-29-25-22(11-6-12-23(25)27)18-30(14-13-24(28)26(31)32)17-20-8-3-2-4-9-20;1-7-4-3-5-8(2)6-7;/h2-8,10-12,15,24,29H,13-14,16-18,28H2,1H3,(H,31,32);3-6H,1H2,2H3;/q2*-1;+2/t24-;;/m0../s1. The van der Waals surface area contributed by atoms with E-state index in [0.717, 1.165) is 27.8 Å². The Labute approximate surface area is 267 Å². The maximum Gasteiger partial charge on any atom is 2.00 e. The first-order valence-electron chi connectivity index (χ1n) is 13.3. The Kier molecular flexibility index (Phi) is 14.7. The first kappa shape index (κ1) is 34.1. The van der Waals surface area contributed by atoms with Gasteiger partial charge in [0.25, 0.3) is 0 Å². The number of anilines is 1. The van der Waals surface area contributed by atoms with Crippen molar-refractivity contribution in [1.29, 1.82) is 0 Å². The first-order chi connectivity index (χ1) is 19.2. The Morgan fingerprint density at radius 1 is 1.00 bits per heavy atom. The maximum absolute atomic E-state index is 14.7. The monoisotopic (exact) mass is 777 g/mol. The largest absolute Gasteiger partial charge is 2.00 e. The number of carbonyl (C=O) groups is 1. The molecule has 0 unspecified atom stereocenters. The number of aliphatic carboxylic acids is 1. The molecule has 5 nitrogen and oxygen atoms in total. The minimum Gasteiger partial charge on any atom is -0.480 e. The SMILES string of the molecule is Cc1cccc(CNc2c(F)cccc2CN(CC[C@H](N)C(=O)O)Cc2[c-]cccc2)c1.[CH2-]c1cccc(C)c1.[U+2]. The second kappa shape index (κ2) is 17.7. The van der Waals surface area contributed by atoms with Gasteiger partial charge in [0.05, 0.1) is 5.69 Å². The van der Waals surface area contributed by atoms with Crippen LogP contribution in [0, 0.1) is 63.8 Å². The molecule has 0 bridgehead atoms. The molecule has 0 amide bonds. The summed E-state index contributed by atoms with van der Waals surface area (Å²) in [5.41, 5.74) is 12.5. The molecule has 7 heteroatoms. The maximum atomic E-state index is 14.7. The van der Waals surface area contributed by atoms with Crippen LogP contribution in [-0.2, 0) is 24.4 Å². The number of nitrogens with zero attached hydrogens (tertiary/aromatic N) is 1. The molecule has 41 heavy (non-hydrogen) atoms. The number of hydrogen-bond acceptors (Lipinski definition) is 4. The number of carboxylic acid groups (broad SMARTS) is 1. The average molecular weight is 778 g/mol. The molecule has 4 rings (SSSR count). The zero-order valence-corrected chi connectivity index (χ0v) is 27.9. The van der Waals surface area contributed by atoms with E-state index in [0.29, 0.717) is 38.3 Å². The normalized spacial score (nSPS) is 11.1. The van der Waals surface area contributed by atoms with Crippen LogP contribution in [0.4, 0.5) is 10.1 Å². The van der Waals surface area contributed by atoms with E-state index in [4.69, 9.17) is 10.8 Å². The number of nitrogens with two attached hydrogens (primary N) is 1. The van der Waals surface area contributed by atoms with Crippen molar-refractivity contribution in [3.63, 3.8) is 0 Å². The number of para-hydroxylation sites is 1. The summed E-state index contributed by atoms with van der Waals surface area (Å²) in [7, 11) is 0. The van der Waals surface area contributed by atoms with Crippen LogP contribution in [0.1, 0.15) is 39.8 Å². The molecular weight excluding hydrogens is 739 g/mol. The summed E-state index contributed by atoms with van der Waals surface area (Å²) in [6.07, 6.45) is 0.295. The topological polar surface area (TPSA) is 78.6 Å². The quantitative estimate of drug-likeness (QED) is 0.151. The van der Waals surface area contributed by atoms with Crippen molar-refractivity contribution in [2.75, 3.05) is 11.9 Å². The second-order valence-corrected chi connectivity index (χ2v) is 9.94. The number of carboxylic acids is 1. The number of hydrogen-bond donors (Lipinski definition) is 3. The molecular formula is C34H38FN3O2U. The van der Waals surface area contributed by atoms with Crippen LogP contribution in [0.5, 0.6) is 0 Å². The van der Waals surface area contributed by atoms with E-state index in [1.165, 1.54) is 11.6 Å². The van der Waals surface area contributed by atoms with E-state index in [1.807, 2.05) is 67.6 Å². The predicted molar refractivity (Wildman–Crippen MR) is 160 cm³/mol. The molecule has 0 spiro atoms. The van der Waals surface area contributed by atoms with Crippen molar-refractivity contribution in [3.05, 3.63) is 143 Å². The Morgan fingerprint density at radius 2 is 1.71 bits per heavy atom. The van der Waals surface area contributed by atoms with Crippen LogP contribution in [0.2, 0.25) is 0 Å². The Bertz CT molecular complexity index is 1350. The molecule has 4 aromatic carbocycles. The molecule has 0 aliphatic rings. The van der Waals surface area contributed by atoms with E-state index >= 15 is 0 Å². The molecule has 0 heterocycles. The third-order valence-electron chi connectivity index (χ3n) is 6.37. The minimum atomic E-state index is -1.03. The molecule has 0 radical (unpaired) electrons. The molecule has 0 fully saturated rings. The van der Waals surface area contributed by atoms with E-state index < -0.39 is 12.0 Å². The Hall–Kier alpha value is -3.08. The number of benzene rings is 4. The van der Waals surface area contributed by atoms with E-state index in [2.05, 4.69) is 48.3 Å². The van der Waals surface area contributed by atoms with Crippen molar-refractivity contribution in [3.8, 4) is 0 Å². The molecule has 0 saturated heterocycles. The van der Waals surface area contributed by atoms with Crippen LogP contribution in [0.15, 0.2) is 91.0 Å². The molecule has 212 valence electrons. The fraction of sp³-hybridized carbons (Fsp3) is 0.235. The van der Waals surface area contributed by atoms with Gasteiger partial charge in [-0.25, -0.2) is 4.39 Å². The van der Waals surface area contributed by atoms with E-state index in [1.54, 1.807) is 6.07 Å². The van der Waals surface area contributed by atoms with Crippen LogP contribution < -0.4 is 11.1 Å². The average Bonchev–Trinajstić information content (AvgIpc) is 2.92. The predicted octanol–water partition coefficient (Wildman–Crippen LogP) is 6.53. The third-order valence-corrected chi connectivity index (χ3v) is 6.37. The van der Waals surface area contributed by atoms with Gasteiger partial charge in [-0.15, -0.1) is 17.2 Å². The van der Waals surface area contributed by atoms with Crippen molar-refractivity contribution in [1.82, 2.24) is 4.90 Å². The van der Waals surface area contributed by atoms with Crippen molar-refractivity contribution in [2.24, 2.45) is 5.73 Å². The van der Waals surface area contributed by atoms with Crippen molar-refractivity contribution in [2.45, 2.75) is 45.9 Å². The van der Waals surface area contributed by atoms with Gasteiger partial charge in [0, 0.05) is 26.2 Å². The summed E-state index contributed by atoms with van der Waals surface area (Å²) in [5, 5.41) is 12.4. The minimum absolute atomic E-state index is 0. The number of nitrogens with one attached hydrogen (secondary N) is 1. The van der Waals surface area contributed by atoms with Crippen LogP contribution in [0.3, 0.4) is 0 Å². The molecule has 0 aromatic heterocycles. The van der Waals surface area contributed by atoms with Gasteiger partial charge in [-0.2, -0.15) is 55.0 Å². The Morgan fingerprint density at radius 3 is 2.32 bits per heavy atom. The van der Waals surface area contributed by atoms with Crippen molar-refractivity contribution < 1.29 is 45.4 Å². The molecule has 4 N–H and O–H groups in total. The second-order valence-electron chi connectivity index (χ2n) is 9.94. The third kappa shape index (κ3) is 12.1. The number of halogens is 1. The van der Waals surface area contributed by atoms with Crippen LogP contribution in [0.25, 0.3) is 0 Å². The van der Waals surface area contributed by atoms with Gasteiger partial charge in [0.1, 0.15) is 11.9 Å². The molecule has 1 atom stereocenters. The van der Waals surface area contributed by atoms with Gasteiger partial charge < -0.3 is 16.2 Å². The summed E-state index contributed by atoms with van der Waals surface area (Å²) in [6.45, 7) is 9.84. The van der Waals surface area contributed by atoms with Gasteiger partial charge in [-0.3, -0.25) is 9.69 Å². The Balaban J connectivity index is 0.000000563. The van der Waals surface area contributed by atoms with Gasteiger partial charge >= 0.3 is 37.1 Å². The zero-order valence-electron chi connectivity index (χ0n) is 23.7. The van der Waals surface area contributed by atoms with Gasteiger partial charge in [0.2, 0.25) is 0 Å². The number of rotatable bonds is 11. The summed E-state index contributed by atoms with van der Waals surface area (Å²) in [4.78, 5) is 13.2. The number of aryl methyl sites for hydroxylation is 2. The summed E-state index contributed by atoms with van der Waals surface area (Å²) in [6, 6.07) is 31.1. The molecule has 0 aliphatic heterocycles. The molecule has 0 aliphatic carbocycles.